The largest absolute Gasteiger partial charge is 1.00 e. The molecular weight excluding hydrogens is 1370 g/mol. The first-order chi connectivity index (χ1) is 45.4. The molecule has 12 aromatic carbocycles. The molecule has 0 spiro atoms. The number of halogens is 2. The van der Waals surface area contributed by atoms with Crippen molar-refractivity contribution < 1.29 is 66.6 Å². The number of fused-ring (bicyclic) bond motifs is 4. The first-order valence-corrected chi connectivity index (χ1v) is 50.4. The monoisotopic (exact) mass is 1440 g/mol. The molecule has 0 nitrogen and oxygen atoms in total. The van der Waals surface area contributed by atoms with Crippen LogP contribution in [-0.4, -0.2) is 11.8 Å². The van der Waals surface area contributed by atoms with Crippen LogP contribution in [0.3, 0.4) is 0 Å². The van der Waals surface area contributed by atoms with Crippen LogP contribution < -0.4 is 45.6 Å². The van der Waals surface area contributed by atoms with Crippen molar-refractivity contribution in [2.75, 3.05) is 0 Å². The van der Waals surface area contributed by atoms with Crippen LogP contribution in [0.4, 0.5) is 0 Å². The number of hydrogen-bond acceptors (Lipinski definition) is 0. The quantitative estimate of drug-likeness (QED) is 0.0952. The molecule has 0 amide bonds. The first kappa shape index (κ1) is 65.1. The van der Waals surface area contributed by atoms with Crippen molar-refractivity contribution in [3.63, 3.8) is 0 Å². The Labute approximate surface area is 586 Å². The molecular formula is C88H74Cl2Si2Zr2. The van der Waals surface area contributed by atoms with Crippen LogP contribution in [0.2, 0.25) is 0 Å². The molecule has 4 aliphatic carbocycles. The number of benzene rings is 12. The van der Waals surface area contributed by atoms with E-state index in [4.69, 9.17) is 0 Å². The van der Waals surface area contributed by atoms with Gasteiger partial charge in [0.05, 0.1) is 0 Å². The molecule has 6 heteroatoms. The predicted octanol–water partition coefficient (Wildman–Crippen LogP) is 13.6. The summed E-state index contributed by atoms with van der Waals surface area (Å²) in [5, 5.41) is 6.40. The second-order valence-electron chi connectivity index (χ2n) is 25.5. The van der Waals surface area contributed by atoms with Gasteiger partial charge in [-0.15, -0.1) is 0 Å². The molecule has 0 heterocycles. The minimum absolute atomic E-state index is 0. The number of rotatable bonds is 14. The van der Waals surface area contributed by atoms with Gasteiger partial charge in [0.1, 0.15) is 0 Å². The SMILES string of the molecule is CC1=Cc2c(-c3ccccc3)cccc2[CH]1[Zr+]([CH]1C(C)=Cc2c(-c3ccccc3)cccc21)[SiH](c1ccccc1)c1ccccc1.CC1=Cc2c(-c3ccccc3)cccc2[CH]1[Zr+]([CH]1C(C)=Cc2c(-c3ccccc3)cccc21)[SiH](c1ccccc1)c1ccccc1.[Cl-].[Cl-]. The van der Waals surface area contributed by atoms with Gasteiger partial charge in [-0.3, -0.25) is 0 Å². The summed E-state index contributed by atoms with van der Waals surface area (Å²) in [7, 11) is 0. The van der Waals surface area contributed by atoms with Gasteiger partial charge < -0.3 is 24.8 Å². The van der Waals surface area contributed by atoms with Gasteiger partial charge in [-0.05, 0) is 0 Å². The summed E-state index contributed by atoms with van der Waals surface area (Å²) < 4.78 is 2.05. The van der Waals surface area contributed by atoms with E-state index in [-0.39, 0.29) is 24.8 Å². The molecule has 12 aromatic rings. The van der Waals surface area contributed by atoms with Gasteiger partial charge in [-0.25, -0.2) is 0 Å². The van der Waals surface area contributed by atoms with Gasteiger partial charge >= 0.3 is 568 Å². The van der Waals surface area contributed by atoms with Crippen LogP contribution in [0.25, 0.3) is 68.8 Å². The Morgan fingerprint density at radius 2 is 0.394 bits per heavy atom. The van der Waals surface area contributed by atoms with Gasteiger partial charge in [-0.1, -0.05) is 0 Å². The zero-order chi connectivity index (χ0) is 62.1. The Morgan fingerprint density at radius 1 is 0.213 bits per heavy atom. The molecule has 0 aromatic heterocycles. The van der Waals surface area contributed by atoms with Crippen LogP contribution in [0.5, 0.6) is 0 Å². The summed E-state index contributed by atoms with van der Waals surface area (Å²) in [6, 6.07) is 119. The zero-order valence-electron chi connectivity index (χ0n) is 53.6. The molecule has 0 N–H and O–H groups in total. The van der Waals surface area contributed by atoms with Gasteiger partial charge in [-0.2, -0.15) is 0 Å². The van der Waals surface area contributed by atoms with Crippen LogP contribution in [0.1, 0.15) is 86.7 Å². The average molecular weight is 1440 g/mol. The Kier molecular flexibility index (Phi) is 20.2. The average Bonchev–Trinajstić information content (AvgIpc) is 1.56. The summed E-state index contributed by atoms with van der Waals surface area (Å²) in [6.07, 6.45) is 10.2. The molecule has 0 radical (unpaired) electrons. The van der Waals surface area contributed by atoms with E-state index in [0.29, 0.717) is 14.5 Å². The van der Waals surface area contributed by atoms with Crippen molar-refractivity contribution in [2.45, 2.75) is 42.2 Å². The maximum atomic E-state index is 2.56. The van der Waals surface area contributed by atoms with E-state index in [1.807, 2.05) is 0 Å². The third kappa shape index (κ3) is 12.5. The summed E-state index contributed by atoms with van der Waals surface area (Å²) >= 11 is -5.21. The molecule has 4 unspecified atom stereocenters. The molecule has 0 saturated carbocycles. The maximum Gasteiger partial charge on any atom is -1.00 e. The van der Waals surface area contributed by atoms with Gasteiger partial charge in [0.25, 0.3) is 0 Å². The van der Waals surface area contributed by atoms with Crippen LogP contribution in [0.15, 0.2) is 338 Å². The maximum absolute atomic E-state index is 2.61. The standard InChI is InChI=1S/4C16H13.2C12H11Si.2ClH.2Zr/c4*1-12-10-14-8-5-9-15(16(14)11-12)13-6-3-2-4-7-13;2*1-3-7-11(8-4-1)13-12-9-5-2-6-10-12;;;;/h4*2-11H,1H3;2*1-10,13H;2*1H;;/q;;;;;;;;2*+1/p-2. The van der Waals surface area contributed by atoms with Crippen LogP contribution >= 0.6 is 0 Å². The fourth-order valence-corrected chi connectivity index (χ4v) is 73.2. The molecule has 94 heavy (non-hydrogen) atoms. The van der Waals surface area contributed by atoms with Crippen molar-refractivity contribution >= 4 is 56.9 Å². The third-order valence-electron chi connectivity index (χ3n) is 20.0. The van der Waals surface area contributed by atoms with E-state index in [2.05, 4.69) is 367 Å². The van der Waals surface area contributed by atoms with E-state index in [0.717, 1.165) is 0 Å². The topological polar surface area (TPSA) is 0 Å². The van der Waals surface area contributed by atoms with Crippen LogP contribution in [-0.2, 0) is 41.8 Å². The molecule has 0 aliphatic heterocycles. The second kappa shape index (κ2) is 29.2. The Morgan fingerprint density at radius 3 is 0.585 bits per heavy atom. The second-order valence-corrected chi connectivity index (χ2v) is 56.9. The molecule has 0 saturated heterocycles. The Hall–Kier alpha value is -7.62. The summed E-state index contributed by atoms with van der Waals surface area (Å²) in [5.41, 5.74) is 29.0. The first-order valence-electron chi connectivity index (χ1n) is 32.8. The van der Waals surface area contributed by atoms with Gasteiger partial charge in [0.2, 0.25) is 0 Å². The molecule has 0 fully saturated rings. The summed E-state index contributed by atoms with van der Waals surface area (Å²) in [5.74, 6) is -3.26. The molecule has 4 atom stereocenters. The van der Waals surface area contributed by atoms with E-state index in [1.54, 1.807) is 65.3 Å². The number of allylic oxidation sites excluding steroid dienone is 4. The summed E-state index contributed by atoms with van der Waals surface area (Å²) in [4.78, 5) is 0. The van der Waals surface area contributed by atoms with Crippen molar-refractivity contribution in [3.05, 3.63) is 382 Å². The van der Waals surface area contributed by atoms with Crippen molar-refractivity contribution in [1.82, 2.24) is 0 Å². The van der Waals surface area contributed by atoms with Crippen molar-refractivity contribution in [2.24, 2.45) is 0 Å². The Balaban J connectivity index is 0.000000167. The molecule has 456 valence electrons. The van der Waals surface area contributed by atoms with Gasteiger partial charge in [0.15, 0.2) is 0 Å². The smallest absolute Gasteiger partial charge is 1.00 e. The van der Waals surface area contributed by atoms with E-state index < -0.39 is 53.7 Å². The van der Waals surface area contributed by atoms with Crippen molar-refractivity contribution in [1.29, 1.82) is 0 Å². The van der Waals surface area contributed by atoms with Crippen LogP contribution in [0, 0.1) is 0 Å². The fourth-order valence-electron chi connectivity index (χ4n) is 16.2. The van der Waals surface area contributed by atoms with Gasteiger partial charge in [0, 0.05) is 0 Å². The molecule has 0 bridgehead atoms. The third-order valence-corrected chi connectivity index (χ3v) is 67.2. The van der Waals surface area contributed by atoms with E-state index in [9.17, 15) is 0 Å². The summed E-state index contributed by atoms with van der Waals surface area (Å²) in [6.45, 7) is 9.76. The minimum atomic E-state index is -2.61. The predicted molar refractivity (Wildman–Crippen MR) is 392 cm³/mol. The molecule has 16 rings (SSSR count). The normalized spacial score (nSPS) is 16.1. The zero-order valence-corrected chi connectivity index (χ0v) is 62.3. The Bertz CT molecular complexity index is 4150. The minimum Gasteiger partial charge on any atom is -1.00 e. The number of hydrogen-bond donors (Lipinski definition) is 0. The fraction of sp³-hybridized carbons (Fsp3) is 0.0909. The molecule has 4 aliphatic rings. The van der Waals surface area contributed by atoms with E-state index >= 15 is 0 Å². The van der Waals surface area contributed by atoms with Crippen molar-refractivity contribution in [3.8, 4) is 44.5 Å². The van der Waals surface area contributed by atoms with E-state index in [1.165, 1.54) is 66.8 Å².